The molecule has 0 amide bonds. The van der Waals surface area contributed by atoms with E-state index in [-0.39, 0.29) is 7.69 Å². The zero-order valence-electron chi connectivity index (χ0n) is 13.6. The summed E-state index contributed by atoms with van der Waals surface area (Å²) in [6, 6.07) is 10.6. The van der Waals surface area contributed by atoms with Gasteiger partial charge in [-0.15, -0.1) is 0 Å². The Balaban J connectivity index is 1.97. The van der Waals surface area contributed by atoms with Gasteiger partial charge in [-0.25, -0.2) is 0 Å². The number of ether oxygens (including phenoxy) is 4. The summed E-state index contributed by atoms with van der Waals surface area (Å²) < 4.78 is 31.9. The second-order valence-electron chi connectivity index (χ2n) is 4.44. The van der Waals surface area contributed by atoms with Crippen molar-refractivity contribution in [1.82, 2.24) is 0 Å². The predicted molar refractivity (Wildman–Crippen MR) is 87.5 cm³/mol. The molecule has 0 bridgehead atoms. The molecule has 23 heavy (non-hydrogen) atoms. The van der Waals surface area contributed by atoms with Gasteiger partial charge in [0.05, 0.1) is 28.4 Å². The maximum absolute atomic E-state index is 5.55. The second kappa shape index (κ2) is 8.07. The van der Waals surface area contributed by atoms with E-state index < -0.39 is 0 Å². The third kappa shape index (κ3) is 4.15. The van der Waals surface area contributed by atoms with Crippen LogP contribution >= 0.6 is 0 Å². The molecule has 2 aromatic rings. The number of rotatable bonds is 8. The SMILES string of the molecule is COc1ccc(OBOc2ccc(OC)c(OC)c2)cc1OC. The lowest BCUT2D eigenvalue weighted by Gasteiger charge is -2.12. The van der Waals surface area contributed by atoms with Gasteiger partial charge in [-0.1, -0.05) is 0 Å². The summed E-state index contributed by atoms with van der Waals surface area (Å²) in [5.41, 5.74) is 0. The van der Waals surface area contributed by atoms with Gasteiger partial charge >= 0.3 is 7.69 Å². The number of methoxy groups -OCH3 is 4. The lowest BCUT2D eigenvalue weighted by molar-refractivity contribution is 0.351. The van der Waals surface area contributed by atoms with Crippen LogP contribution in [0.3, 0.4) is 0 Å². The van der Waals surface area contributed by atoms with Crippen molar-refractivity contribution in [2.45, 2.75) is 0 Å². The van der Waals surface area contributed by atoms with E-state index >= 15 is 0 Å². The minimum Gasteiger partial charge on any atom is -0.528 e. The highest BCUT2D eigenvalue weighted by molar-refractivity contribution is 6.20. The maximum atomic E-state index is 5.55. The zero-order valence-corrected chi connectivity index (χ0v) is 13.6. The third-order valence-corrected chi connectivity index (χ3v) is 3.16. The molecule has 0 fully saturated rings. The van der Waals surface area contributed by atoms with Crippen molar-refractivity contribution in [1.29, 1.82) is 0 Å². The molecule has 0 N–H and O–H groups in total. The van der Waals surface area contributed by atoms with Crippen molar-refractivity contribution in [2.75, 3.05) is 28.4 Å². The summed E-state index contributed by atoms with van der Waals surface area (Å²) in [4.78, 5) is 0. The fraction of sp³-hybridized carbons (Fsp3) is 0.250. The molecule has 7 heteroatoms. The monoisotopic (exact) mass is 318 g/mol. The molecule has 0 aliphatic carbocycles. The first-order valence-electron chi connectivity index (χ1n) is 6.91. The normalized spacial score (nSPS) is 9.74. The van der Waals surface area contributed by atoms with Gasteiger partial charge < -0.3 is 28.3 Å². The fourth-order valence-corrected chi connectivity index (χ4v) is 1.98. The van der Waals surface area contributed by atoms with Crippen molar-refractivity contribution < 1.29 is 28.3 Å². The van der Waals surface area contributed by atoms with E-state index in [0.717, 1.165) is 0 Å². The summed E-state index contributed by atoms with van der Waals surface area (Å²) in [6.07, 6.45) is 0. The molecule has 0 radical (unpaired) electrons. The molecule has 6 nitrogen and oxygen atoms in total. The van der Waals surface area contributed by atoms with Crippen molar-refractivity contribution in [3.8, 4) is 34.5 Å². The van der Waals surface area contributed by atoms with E-state index in [9.17, 15) is 0 Å². The third-order valence-electron chi connectivity index (χ3n) is 3.16. The molecule has 2 aromatic carbocycles. The topological polar surface area (TPSA) is 55.4 Å². The Kier molecular flexibility index (Phi) is 5.85. The lowest BCUT2D eigenvalue weighted by Crippen LogP contribution is -2.11. The van der Waals surface area contributed by atoms with Crippen LogP contribution in [0.2, 0.25) is 0 Å². The highest BCUT2D eigenvalue weighted by Gasteiger charge is 2.08. The lowest BCUT2D eigenvalue weighted by atomic mass is 10.2. The Hall–Kier alpha value is -2.70. The molecule has 2 rings (SSSR count). The first-order chi connectivity index (χ1) is 11.2. The molecular formula is C16H19BO6. The summed E-state index contributed by atoms with van der Waals surface area (Å²) in [6.45, 7) is 0. The molecule has 0 heterocycles. The van der Waals surface area contributed by atoms with Crippen molar-refractivity contribution in [2.24, 2.45) is 0 Å². The fourth-order valence-electron chi connectivity index (χ4n) is 1.98. The van der Waals surface area contributed by atoms with Gasteiger partial charge in [0, 0.05) is 12.1 Å². The smallest absolute Gasteiger partial charge is 0.528 e. The summed E-state index contributed by atoms with van der Waals surface area (Å²) in [7, 11) is 6.35. The van der Waals surface area contributed by atoms with Crippen LogP contribution in [0.25, 0.3) is 0 Å². The average molecular weight is 318 g/mol. The van der Waals surface area contributed by atoms with Gasteiger partial charge in [0.15, 0.2) is 23.0 Å². The molecule has 0 spiro atoms. The molecule has 122 valence electrons. The summed E-state index contributed by atoms with van der Waals surface area (Å²) >= 11 is 0. The first-order valence-corrected chi connectivity index (χ1v) is 6.91. The van der Waals surface area contributed by atoms with E-state index in [1.54, 1.807) is 64.8 Å². The molecule has 0 atom stereocenters. The van der Waals surface area contributed by atoms with Crippen LogP contribution in [-0.2, 0) is 0 Å². The Morgan fingerprint density at radius 2 is 0.957 bits per heavy atom. The number of hydrogen-bond donors (Lipinski definition) is 0. The van der Waals surface area contributed by atoms with Crippen LogP contribution in [-0.4, -0.2) is 36.1 Å². The van der Waals surface area contributed by atoms with Crippen molar-refractivity contribution >= 4 is 7.69 Å². The van der Waals surface area contributed by atoms with E-state index in [0.29, 0.717) is 34.5 Å². The van der Waals surface area contributed by atoms with Gasteiger partial charge in [-0.05, 0) is 24.3 Å². The maximum Gasteiger partial charge on any atom is 0.576 e. The van der Waals surface area contributed by atoms with Crippen LogP contribution < -0.4 is 28.3 Å². The largest absolute Gasteiger partial charge is 0.576 e. The van der Waals surface area contributed by atoms with Gasteiger partial charge in [0.25, 0.3) is 0 Å². The van der Waals surface area contributed by atoms with Crippen molar-refractivity contribution in [3.05, 3.63) is 36.4 Å². The Morgan fingerprint density at radius 1 is 0.565 bits per heavy atom. The zero-order chi connectivity index (χ0) is 16.7. The quantitative estimate of drug-likeness (QED) is 0.697. The molecule has 0 aliphatic rings. The van der Waals surface area contributed by atoms with Gasteiger partial charge in [-0.3, -0.25) is 0 Å². The van der Waals surface area contributed by atoms with Crippen LogP contribution in [0, 0.1) is 0 Å². The Labute approximate surface area is 136 Å². The van der Waals surface area contributed by atoms with E-state index in [1.165, 1.54) is 0 Å². The van der Waals surface area contributed by atoms with Gasteiger partial charge in [-0.2, -0.15) is 0 Å². The molecular weight excluding hydrogens is 299 g/mol. The Bertz CT molecular complexity index is 591. The average Bonchev–Trinajstić information content (AvgIpc) is 2.61. The second-order valence-corrected chi connectivity index (χ2v) is 4.44. The first kappa shape index (κ1) is 16.7. The molecule has 0 unspecified atom stereocenters. The van der Waals surface area contributed by atoms with Crippen LogP contribution in [0.15, 0.2) is 36.4 Å². The van der Waals surface area contributed by atoms with Crippen molar-refractivity contribution in [3.63, 3.8) is 0 Å². The highest BCUT2D eigenvalue weighted by Crippen LogP contribution is 2.32. The van der Waals surface area contributed by atoms with E-state index in [4.69, 9.17) is 28.3 Å². The molecule has 0 saturated carbocycles. The van der Waals surface area contributed by atoms with Gasteiger partial charge in [0.2, 0.25) is 0 Å². The minimum atomic E-state index is 0.0466. The predicted octanol–water partition coefficient (Wildman–Crippen LogP) is 2.45. The van der Waals surface area contributed by atoms with Crippen LogP contribution in [0.4, 0.5) is 0 Å². The molecule has 0 saturated heterocycles. The van der Waals surface area contributed by atoms with Crippen LogP contribution in [0.5, 0.6) is 34.5 Å². The highest BCUT2D eigenvalue weighted by atomic mass is 16.6. The number of hydrogen-bond acceptors (Lipinski definition) is 6. The number of benzene rings is 2. The Morgan fingerprint density at radius 3 is 1.30 bits per heavy atom. The summed E-state index contributed by atoms with van der Waals surface area (Å²) in [5, 5.41) is 0. The summed E-state index contributed by atoms with van der Waals surface area (Å²) in [5.74, 6) is 3.69. The van der Waals surface area contributed by atoms with Crippen LogP contribution in [0.1, 0.15) is 0 Å². The standard InChI is InChI=1S/C16H19BO6/c1-18-13-7-5-11(9-15(13)20-3)22-17-23-12-6-8-14(19-2)16(10-12)21-4/h5-10,17H,1-4H3. The minimum absolute atomic E-state index is 0.0466. The van der Waals surface area contributed by atoms with E-state index in [1.807, 2.05) is 0 Å². The van der Waals surface area contributed by atoms with Gasteiger partial charge in [0.1, 0.15) is 11.5 Å². The molecule has 0 aliphatic heterocycles. The molecule has 0 aromatic heterocycles. The van der Waals surface area contributed by atoms with E-state index in [2.05, 4.69) is 0 Å².